The topological polar surface area (TPSA) is 72.8 Å². The van der Waals surface area contributed by atoms with Crippen molar-refractivity contribution in [3.05, 3.63) is 0 Å². The minimum absolute atomic E-state index is 0.331. The van der Waals surface area contributed by atoms with E-state index in [1.54, 1.807) is 0 Å². The molecule has 0 fully saturated rings. The van der Waals surface area contributed by atoms with E-state index in [1.165, 1.54) is 38.5 Å². The van der Waals surface area contributed by atoms with Gasteiger partial charge < -0.3 is 14.6 Å². The first-order chi connectivity index (χ1) is 19.8. The van der Waals surface area contributed by atoms with E-state index < -0.39 is 29.2 Å². The van der Waals surface area contributed by atoms with E-state index in [9.17, 15) is 14.7 Å². The molecule has 0 rings (SSSR count). The largest absolute Gasteiger partial charge is 0.459 e. The normalized spacial score (nSPS) is 12.9. The summed E-state index contributed by atoms with van der Waals surface area (Å²) < 4.78 is 12.4. The molecule has 0 bridgehead atoms. The molecule has 0 saturated heterocycles. The van der Waals surface area contributed by atoms with Crippen LogP contribution in [0.2, 0.25) is 0 Å². The number of aliphatic hydroxyl groups excluding tert-OH is 1. The zero-order valence-electron chi connectivity index (χ0n) is 28.3. The van der Waals surface area contributed by atoms with Crippen LogP contribution in [0.5, 0.6) is 0 Å². The van der Waals surface area contributed by atoms with E-state index in [-0.39, 0.29) is 6.42 Å². The number of ether oxygens (including phenoxy) is 2. The molecule has 1 atom stereocenters. The van der Waals surface area contributed by atoms with Crippen molar-refractivity contribution >= 4 is 11.9 Å². The van der Waals surface area contributed by atoms with Crippen molar-refractivity contribution in [2.75, 3.05) is 0 Å². The van der Waals surface area contributed by atoms with E-state index in [0.29, 0.717) is 0 Å². The van der Waals surface area contributed by atoms with Crippen molar-refractivity contribution < 1.29 is 24.2 Å². The second-order valence-corrected chi connectivity index (χ2v) is 12.7. The standard InChI is InChI=1S/C36H70O5/c1-7-13-19-21-23-29-35(25-15-9-3,26-16-10-4)40-33(38)31-32(37)34(39)41-36(27-17-11-5,28-18-12-6)30-24-22-20-14-8-2/h32,37H,7-31H2,1-6H3. The molecular formula is C36H70O5. The second-order valence-electron chi connectivity index (χ2n) is 12.7. The van der Waals surface area contributed by atoms with Crippen molar-refractivity contribution in [3.63, 3.8) is 0 Å². The van der Waals surface area contributed by atoms with Gasteiger partial charge in [-0.15, -0.1) is 0 Å². The monoisotopic (exact) mass is 583 g/mol. The molecule has 0 aliphatic carbocycles. The average Bonchev–Trinajstić information content (AvgIpc) is 2.96. The molecule has 0 radical (unpaired) electrons. The Labute approximate surface area is 255 Å². The Bertz CT molecular complexity index is 615. The molecule has 1 N–H and O–H groups in total. The summed E-state index contributed by atoms with van der Waals surface area (Å²) in [4.78, 5) is 26.5. The van der Waals surface area contributed by atoms with Gasteiger partial charge >= 0.3 is 11.9 Å². The van der Waals surface area contributed by atoms with Gasteiger partial charge in [-0.2, -0.15) is 0 Å². The summed E-state index contributed by atoms with van der Waals surface area (Å²) in [5.74, 6) is -1.13. The van der Waals surface area contributed by atoms with Crippen LogP contribution in [0.4, 0.5) is 0 Å². The second kappa shape index (κ2) is 25.4. The quantitative estimate of drug-likeness (QED) is 0.0701. The average molecular weight is 583 g/mol. The van der Waals surface area contributed by atoms with E-state index in [0.717, 1.165) is 116 Å². The zero-order valence-corrected chi connectivity index (χ0v) is 28.3. The molecule has 0 aromatic carbocycles. The highest BCUT2D eigenvalue weighted by Crippen LogP contribution is 2.34. The predicted molar refractivity (Wildman–Crippen MR) is 173 cm³/mol. The molecule has 0 heterocycles. The van der Waals surface area contributed by atoms with E-state index in [2.05, 4.69) is 41.5 Å². The molecule has 0 spiro atoms. The van der Waals surface area contributed by atoms with Crippen molar-refractivity contribution in [1.29, 1.82) is 0 Å². The van der Waals surface area contributed by atoms with Gasteiger partial charge in [-0.1, -0.05) is 119 Å². The van der Waals surface area contributed by atoms with Crippen molar-refractivity contribution in [2.24, 2.45) is 0 Å². The molecule has 0 aromatic heterocycles. The number of hydrogen-bond acceptors (Lipinski definition) is 5. The summed E-state index contributed by atoms with van der Waals surface area (Å²) in [6.45, 7) is 13.1. The third-order valence-electron chi connectivity index (χ3n) is 8.70. The molecule has 0 amide bonds. The number of rotatable bonds is 29. The van der Waals surface area contributed by atoms with Crippen molar-refractivity contribution in [2.45, 2.75) is 219 Å². The van der Waals surface area contributed by atoms with Gasteiger partial charge in [0.15, 0.2) is 6.10 Å². The molecule has 1 unspecified atom stereocenters. The lowest BCUT2D eigenvalue weighted by atomic mass is 9.85. The Hall–Kier alpha value is -1.10. The van der Waals surface area contributed by atoms with E-state index in [1.807, 2.05) is 0 Å². The van der Waals surface area contributed by atoms with Gasteiger partial charge in [-0.25, -0.2) is 4.79 Å². The Balaban J connectivity index is 5.49. The van der Waals surface area contributed by atoms with Gasteiger partial charge in [-0.05, 0) is 77.0 Å². The summed E-state index contributed by atoms with van der Waals surface area (Å²) in [5, 5.41) is 10.9. The fourth-order valence-corrected chi connectivity index (χ4v) is 5.96. The Morgan fingerprint density at radius 2 is 0.805 bits per heavy atom. The van der Waals surface area contributed by atoms with Crippen molar-refractivity contribution in [1.82, 2.24) is 0 Å². The van der Waals surface area contributed by atoms with Gasteiger partial charge in [0, 0.05) is 0 Å². The van der Waals surface area contributed by atoms with Crippen LogP contribution in [0.3, 0.4) is 0 Å². The summed E-state index contributed by atoms with van der Waals surface area (Å²) >= 11 is 0. The number of unbranched alkanes of at least 4 members (excludes halogenated alkanes) is 12. The van der Waals surface area contributed by atoms with Crippen LogP contribution in [0.1, 0.15) is 202 Å². The van der Waals surface area contributed by atoms with Gasteiger partial charge in [-0.3, -0.25) is 4.79 Å². The molecular weight excluding hydrogens is 512 g/mol. The molecule has 41 heavy (non-hydrogen) atoms. The smallest absolute Gasteiger partial charge is 0.336 e. The fraction of sp³-hybridized carbons (Fsp3) is 0.944. The van der Waals surface area contributed by atoms with Crippen LogP contribution in [0.15, 0.2) is 0 Å². The SMILES string of the molecule is CCCCCCCC(CCCC)(CCCC)OC(=O)CC(O)C(=O)OC(CCCC)(CCCC)CCCCCCC. The van der Waals surface area contributed by atoms with Crippen LogP contribution in [-0.4, -0.2) is 34.4 Å². The third kappa shape index (κ3) is 18.9. The zero-order chi connectivity index (χ0) is 30.8. The Kier molecular flexibility index (Phi) is 24.7. The highest BCUT2D eigenvalue weighted by molar-refractivity contribution is 5.82. The molecule has 0 aromatic rings. The lowest BCUT2D eigenvalue weighted by Gasteiger charge is -2.36. The van der Waals surface area contributed by atoms with Gasteiger partial charge in [0.1, 0.15) is 11.2 Å². The number of esters is 2. The van der Waals surface area contributed by atoms with E-state index in [4.69, 9.17) is 9.47 Å². The lowest BCUT2D eigenvalue weighted by Crippen LogP contribution is -2.41. The lowest BCUT2D eigenvalue weighted by molar-refractivity contribution is -0.180. The summed E-state index contributed by atoms with van der Waals surface area (Å²) in [5.41, 5.74) is -1.05. The predicted octanol–water partition coefficient (Wildman–Crippen LogP) is 10.8. The van der Waals surface area contributed by atoms with Crippen LogP contribution >= 0.6 is 0 Å². The summed E-state index contributed by atoms with van der Waals surface area (Å²) in [7, 11) is 0. The summed E-state index contributed by atoms with van der Waals surface area (Å²) in [6, 6.07) is 0. The highest BCUT2D eigenvalue weighted by Gasteiger charge is 2.37. The van der Waals surface area contributed by atoms with Crippen molar-refractivity contribution in [3.8, 4) is 0 Å². The highest BCUT2D eigenvalue weighted by atomic mass is 16.6. The number of carbonyl (C=O) groups is 2. The minimum Gasteiger partial charge on any atom is -0.459 e. The Morgan fingerprint density at radius 1 is 0.488 bits per heavy atom. The molecule has 5 nitrogen and oxygen atoms in total. The molecule has 5 heteroatoms. The molecule has 0 aliphatic rings. The van der Waals surface area contributed by atoms with Gasteiger partial charge in [0.05, 0.1) is 6.42 Å². The third-order valence-corrected chi connectivity index (χ3v) is 8.70. The minimum atomic E-state index is -1.48. The Morgan fingerprint density at radius 3 is 1.17 bits per heavy atom. The van der Waals surface area contributed by atoms with E-state index >= 15 is 0 Å². The number of hydrogen-bond donors (Lipinski definition) is 1. The van der Waals surface area contributed by atoms with Crippen LogP contribution < -0.4 is 0 Å². The maximum Gasteiger partial charge on any atom is 0.336 e. The van der Waals surface area contributed by atoms with Gasteiger partial charge in [0.2, 0.25) is 0 Å². The maximum atomic E-state index is 13.3. The first kappa shape index (κ1) is 39.9. The molecule has 0 aliphatic heterocycles. The first-order valence-corrected chi connectivity index (χ1v) is 17.9. The van der Waals surface area contributed by atoms with Crippen LogP contribution in [0.25, 0.3) is 0 Å². The fourth-order valence-electron chi connectivity index (χ4n) is 5.96. The van der Waals surface area contributed by atoms with Crippen LogP contribution in [0, 0.1) is 0 Å². The number of aliphatic hydroxyl groups is 1. The number of carbonyl (C=O) groups excluding carboxylic acids is 2. The maximum absolute atomic E-state index is 13.3. The molecule has 0 saturated carbocycles. The van der Waals surface area contributed by atoms with Gasteiger partial charge in [0.25, 0.3) is 0 Å². The first-order valence-electron chi connectivity index (χ1n) is 17.9. The molecule has 244 valence electrons. The summed E-state index contributed by atoms with van der Waals surface area (Å²) in [6.07, 6.45) is 23.0. The van der Waals surface area contributed by atoms with Crippen LogP contribution in [-0.2, 0) is 19.1 Å².